The molecule has 4 atom stereocenters. The summed E-state index contributed by atoms with van der Waals surface area (Å²) in [5.74, 6) is -3.39. The molecule has 4 unspecified atom stereocenters. The van der Waals surface area contributed by atoms with Crippen molar-refractivity contribution in [3.05, 3.63) is 53.4 Å². The third-order valence-electron chi connectivity index (χ3n) is 5.56. The van der Waals surface area contributed by atoms with Gasteiger partial charge in [0.15, 0.2) is 0 Å². The molecule has 4 rings (SSSR count). The molecule has 1 aromatic carbocycles. The Morgan fingerprint density at radius 1 is 1.14 bits per heavy atom. The maximum Gasteiger partial charge on any atom is 0.350 e. The van der Waals surface area contributed by atoms with E-state index in [1.54, 1.807) is 13.0 Å². The molecule has 0 saturated heterocycles. The summed E-state index contributed by atoms with van der Waals surface area (Å²) in [7, 11) is 0. The number of esters is 1. The maximum absolute atomic E-state index is 13.0. The second-order valence-electron chi connectivity index (χ2n) is 7.27. The Hall–Kier alpha value is -2.93. The molecular formula is C22H21NO5S. The minimum atomic E-state index is -0.956. The van der Waals surface area contributed by atoms with E-state index < -0.39 is 23.8 Å². The van der Waals surface area contributed by atoms with Crippen molar-refractivity contribution in [2.24, 2.45) is 23.7 Å². The van der Waals surface area contributed by atoms with Crippen LogP contribution in [-0.2, 0) is 14.3 Å². The van der Waals surface area contributed by atoms with E-state index in [2.05, 4.69) is 5.32 Å². The average Bonchev–Trinajstić information content (AvgIpc) is 3.43. The van der Waals surface area contributed by atoms with Gasteiger partial charge < -0.3 is 15.2 Å². The summed E-state index contributed by atoms with van der Waals surface area (Å²) in [5, 5.41) is 12.4. The summed E-state index contributed by atoms with van der Waals surface area (Å²) >= 11 is 1.25. The molecule has 2 aliphatic rings. The van der Waals surface area contributed by atoms with Gasteiger partial charge >= 0.3 is 11.9 Å². The standard InChI is InChI=1S/C22H21NO5S/c1-2-28-22(27)19-15(11-16(29-19)12-6-4-3-5-7-12)23-20(24)17-13-8-9-14(10-13)18(17)21(25)26/h3-9,11,13-14,17-18H,2,10H2,1H3,(H,23,24)(H,25,26). The number of carboxylic acids is 1. The second kappa shape index (κ2) is 7.83. The summed E-state index contributed by atoms with van der Waals surface area (Å²) in [6.45, 7) is 1.95. The number of hydrogen-bond donors (Lipinski definition) is 2. The first-order valence-electron chi connectivity index (χ1n) is 9.58. The number of anilines is 1. The van der Waals surface area contributed by atoms with Gasteiger partial charge in [-0.2, -0.15) is 0 Å². The molecule has 1 heterocycles. The molecule has 1 fully saturated rings. The van der Waals surface area contributed by atoms with Crippen LogP contribution in [0.1, 0.15) is 23.0 Å². The van der Waals surface area contributed by atoms with Crippen LogP contribution < -0.4 is 5.32 Å². The Labute approximate surface area is 172 Å². The summed E-state index contributed by atoms with van der Waals surface area (Å²) < 4.78 is 5.15. The lowest BCUT2D eigenvalue weighted by Crippen LogP contribution is -2.36. The first-order chi connectivity index (χ1) is 14.0. The minimum absolute atomic E-state index is 0.0839. The molecule has 7 heteroatoms. The molecule has 0 aliphatic heterocycles. The number of hydrogen-bond acceptors (Lipinski definition) is 5. The van der Waals surface area contributed by atoms with Crippen molar-refractivity contribution in [3.63, 3.8) is 0 Å². The van der Waals surface area contributed by atoms with E-state index in [1.165, 1.54) is 11.3 Å². The molecule has 0 spiro atoms. The third-order valence-corrected chi connectivity index (χ3v) is 6.72. The van der Waals surface area contributed by atoms with Crippen LogP contribution in [-0.4, -0.2) is 29.6 Å². The Bertz CT molecular complexity index is 980. The molecule has 1 saturated carbocycles. The highest BCUT2D eigenvalue weighted by Gasteiger charge is 2.51. The summed E-state index contributed by atoms with van der Waals surface area (Å²) in [5.41, 5.74) is 1.29. The van der Waals surface area contributed by atoms with Crippen molar-refractivity contribution in [2.75, 3.05) is 11.9 Å². The molecule has 2 N–H and O–H groups in total. The van der Waals surface area contributed by atoms with Crippen LogP contribution in [0.15, 0.2) is 48.6 Å². The number of amides is 1. The van der Waals surface area contributed by atoms with Gasteiger partial charge in [0.2, 0.25) is 5.91 Å². The van der Waals surface area contributed by atoms with Crippen LogP contribution in [0.3, 0.4) is 0 Å². The van der Waals surface area contributed by atoms with Gasteiger partial charge in [0, 0.05) is 4.88 Å². The normalized spacial score (nSPS) is 24.4. The number of carboxylic acid groups (broad SMARTS) is 1. The highest BCUT2D eigenvalue weighted by Crippen LogP contribution is 2.48. The Morgan fingerprint density at radius 2 is 1.83 bits per heavy atom. The second-order valence-corrected chi connectivity index (χ2v) is 8.32. The lowest BCUT2D eigenvalue weighted by atomic mass is 9.82. The molecule has 2 aromatic rings. The highest BCUT2D eigenvalue weighted by molar-refractivity contribution is 7.18. The molecular weight excluding hydrogens is 390 g/mol. The quantitative estimate of drug-likeness (QED) is 0.553. The fourth-order valence-electron chi connectivity index (χ4n) is 4.31. The van der Waals surface area contributed by atoms with Crippen molar-refractivity contribution in [1.82, 2.24) is 0 Å². The van der Waals surface area contributed by atoms with Gasteiger partial charge in [-0.25, -0.2) is 4.79 Å². The summed E-state index contributed by atoms with van der Waals surface area (Å²) in [4.78, 5) is 38.3. The topological polar surface area (TPSA) is 92.7 Å². The Kier molecular flexibility index (Phi) is 5.24. The lowest BCUT2D eigenvalue weighted by molar-refractivity contribution is -0.146. The van der Waals surface area contributed by atoms with Gasteiger partial charge in [-0.3, -0.25) is 9.59 Å². The molecule has 2 aliphatic carbocycles. The van der Waals surface area contributed by atoms with Crippen molar-refractivity contribution < 1.29 is 24.2 Å². The fraction of sp³-hybridized carbons (Fsp3) is 0.318. The van der Waals surface area contributed by atoms with E-state index in [4.69, 9.17) is 4.74 Å². The van der Waals surface area contributed by atoms with Gasteiger partial charge in [0.1, 0.15) is 4.88 Å². The van der Waals surface area contributed by atoms with Crippen LogP contribution in [0.2, 0.25) is 0 Å². The predicted octanol–water partition coefficient (Wildman–Crippen LogP) is 4.05. The van der Waals surface area contributed by atoms with Crippen LogP contribution in [0.25, 0.3) is 10.4 Å². The van der Waals surface area contributed by atoms with Gasteiger partial charge in [0.05, 0.1) is 24.1 Å². The first-order valence-corrected chi connectivity index (χ1v) is 10.4. The molecule has 29 heavy (non-hydrogen) atoms. The smallest absolute Gasteiger partial charge is 0.350 e. The van der Waals surface area contributed by atoms with Crippen molar-refractivity contribution in [2.45, 2.75) is 13.3 Å². The third kappa shape index (κ3) is 3.58. The zero-order valence-corrected chi connectivity index (χ0v) is 16.6. The SMILES string of the molecule is CCOC(=O)c1sc(-c2ccccc2)cc1NC(=O)C1C2C=CC(C2)C1C(=O)O. The van der Waals surface area contributed by atoms with Gasteiger partial charge in [-0.05, 0) is 36.8 Å². The van der Waals surface area contributed by atoms with E-state index in [-0.39, 0.29) is 24.3 Å². The van der Waals surface area contributed by atoms with Crippen molar-refractivity contribution in [1.29, 1.82) is 0 Å². The zero-order chi connectivity index (χ0) is 20.5. The summed E-state index contributed by atoms with van der Waals surface area (Å²) in [6, 6.07) is 11.3. The van der Waals surface area contributed by atoms with E-state index in [9.17, 15) is 19.5 Å². The number of ether oxygens (including phenoxy) is 1. The van der Waals surface area contributed by atoms with Crippen molar-refractivity contribution in [3.8, 4) is 10.4 Å². The van der Waals surface area contributed by atoms with Gasteiger partial charge in [0.25, 0.3) is 0 Å². The average molecular weight is 411 g/mol. The van der Waals surface area contributed by atoms with Crippen LogP contribution in [0.4, 0.5) is 5.69 Å². The van der Waals surface area contributed by atoms with Crippen LogP contribution in [0.5, 0.6) is 0 Å². The Morgan fingerprint density at radius 3 is 2.48 bits per heavy atom. The van der Waals surface area contributed by atoms with Gasteiger partial charge in [-0.1, -0.05) is 42.5 Å². The first kappa shape index (κ1) is 19.4. The number of thiophene rings is 1. The maximum atomic E-state index is 13.0. The monoisotopic (exact) mass is 411 g/mol. The molecule has 150 valence electrons. The fourth-order valence-corrected chi connectivity index (χ4v) is 5.32. The molecule has 6 nitrogen and oxygen atoms in total. The predicted molar refractivity (Wildman–Crippen MR) is 110 cm³/mol. The van der Waals surface area contributed by atoms with E-state index >= 15 is 0 Å². The minimum Gasteiger partial charge on any atom is -0.481 e. The zero-order valence-electron chi connectivity index (χ0n) is 15.8. The van der Waals surface area contributed by atoms with Gasteiger partial charge in [-0.15, -0.1) is 11.3 Å². The number of carbonyl (C=O) groups excluding carboxylic acids is 2. The van der Waals surface area contributed by atoms with E-state index in [0.717, 1.165) is 10.4 Å². The van der Waals surface area contributed by atoms with E-state index in [0.29, 0.717) is 17.0 Å². The largest absolute Gasteiger partial charge is 0.481 e. The van der Waals surface area contributed by atoms with Crippen molar-refractivity contribution >= 4 is 34.9 Å². The highest BCUT2D eigenvalue weighted by atomic mass is 32.1. The Balaban J connectivity index is 1.64. The number of fused-ring (bicyclic) bond motifs is 2. The molecule has 1 amide bonds. The number of rotatable bonds is 6. The number of carbonyl (C=O) groups is 3. The van der Waals surface area contributed by atoms with E-state index in [1.807, 2.05) is 42.5 Å². The molecule has 0 radical (unpaired) electrons. The molecule has 1 aromatic heterocycles. The number of benzene rings is 1. The number of aliphatic carboxylic acids is 1. The number of allylic oxidation sites excluding steroid dienone is 2. The van der Waals surface area contributed by atoms with Crippen LogP contribution >= 0.6 is 11.3 Å². The summed E-state index contributed by atoms with van der Waals surface area (Å²) in [6.07, 6.45) is 4.51. The number of nitrogens with one attached hydrogen (secondary N) is 1. The van der Waals surface area contributed by atoms with Crippen LogP contribution in [0, 0.1) is 23.7 Å². The molecule has 2 bridgehead atoms. The lowest BCUT2D eigenvalue weighted by Gasteiger charge is -2.23.